The molecule has 0 radical (unpaired) electrons. The molecule has 1 heteroatoms. The molecule has 1 saturated carbocycles. The number of hydrogen-bond acceptors (Lipinski definition) is 1. The van der Waals surface area contributed by atoms with Crippen molar-refractivity contribution in [1.82, 2.24) is 5.32 Å². The first-order valence-corrected chi connectivity index (χ1v) is 7.30. The maximum atomic E-state index is 3.70. The molecule has 0 unspecified atom stereocenters. The van der Waals surface area contributed by atoms with Gasteiger partial charge in [0.25, 0.3) is 0 Å². The minimum atomic E-state index is 0.252. The lowest BCUT2D eigenvalue weighted by Gasteiger charge is -2.21. The fourth-order valence-electron chi connectivity index (χ4n) is 2.74. The Morgan fingerprint density at radius 3 is 2.39 bits per heavy atom. The Hall–Kier alpha value is -0.820. The van der Waals surface area contributed by atoms with E-state index >= 15 is 0 Å². The van der Waals surface area contributed by atoms with Gasteiger partial charge in [0.1, 0.15) is 0 Å². The number of aryl methyl sites for hydroxylation is 1. The lowest BCUT2D eigenvalue weighted by Crippen LogP contribution is -2.25. The predicted molar refractivity (Wildman–Crippen MR) is 79.0 cm³/mol. The standard InChI is InChI=1S/C17H27N/c1-13-11-15(17(2,3)4)10-9-14(13)12-18-16-7-5-6-8-16/h9-11,16,18H,5-8,12H2,1-4H3. The van der Waals surface area contributed by atoms with Crippen molar-refractivity contribution in [2.75, 3.05) is 0 Å². The average Bonchev–Trinajstić information content (AvgIpc) is 2.79. The summed E-state index contributed by atoms with van der Waals surface area (Å²) < 4.78 is 0. The third-order valence-electron chi connectivity index (χ3n) is 4.14. The maximum absolute atomic E-state index is 3.70. The summed E-state index contributed by atoms with van der Waals surface area (Å²) in [7, 11) is 0. The third-order valence-corrected chi connectivity index (χ3v) is 4.14. The Morgan fingerprint density at radius 1 is 1.17 bits per heavy atom. The molecule has 1 aromatic rings. The maximum Gasteiger partial charge on any atom is 0.0210 e. The molecule has 0 saturated heterocycles. The smallest absolute Gasteiger partial charge is 0.0210 e. The second-order valence-corrected chi connectivity index (χ2v) is 6.75. The Morgan fingerprint density at radius 2 is 1.83 bits per heavy atom. The zero-order valence-electron chi connectivity index (χ0n) is 12.3. The molecule has 0 aliphatic heterocycles. The van der Waals surface area contributed by atoms with E-state index < -0.39 is 0 Å². The molecule has 18 heavy (non-hydrogen) atoms. The molecule has 0 atom stereocenters. The monoisotopic (exact) mass is 245 g/mol. The van der Waals surface area contributed by atoms with Crippen LogP contribution < -0.4 is 5.32 Å². The van der Waals surface area contributed by atoms with Crippen LogP contribution >= 0.6 is 0 Å². The Kier molecular flexibility index (Phi) is 4.11. The largest absolute Gasteiger partial charge is 0.310 e. The van der Waals surface area contributed by atoms with E-state index in [0.717, 1.165) is 12.6 Å². The normalized spacial score (nSPS) is 17.3. The van der Waals surface area contributed by atoms with Gasteiger partial charge in [-0.2, -0.15) is 0 Å². The molecule has 0 heterocycles. The van der Waals surface area contributed by atoms with Crippen LogP contribution in [0, 0.1) is 6.92 Å². The summed E-state index contributed by atoms with van der Waals surface area (Å²) in [6, 6.07) is 7.70. The molecular formula is C17H27N. The molecule has 0 amide bonds. The SMILES string of the molecule is Cc1cc(C(C)(C)C)ccc1CNC1CCCC1. The minimum Gasteiger partial charge on any atom is -0.310 e. The van der Waals surface area contributed by atoms with Crippen LogP contribution in [0.5, 0.6) is 0 Å². The molecule has 1 fully saturated rings. The molecule has 0 aromatic heterocycles. The van der Waals surface area contributed by atoms with E-state index in [-0.39, 0.29) is 5.41 Å². The van der Waals surface area contributed by atoms with Crippen molar-refractivity contribution >= 4 is 0 Å². The summed E-state index contributed by atoms with van der Waals surface area (Å²) in [4.78, 5) is 0. The van der Waals surface area contributed by atoms with E-state index in [1.165, 1.54) is 42.4 Å². The quantitative estimate of drug-likeness (QED) is 0.836. The summed E-state index contributed by atoms with van der Waals surface area (Å²) in [6.45, 7) is 10.1. The molecule has 100 valence electrons. The highest BCUT2D eigenvalue weighted by Gasteiger charge is 2.16. The van der Waals surface area contributed by atoms with Gasteiger partial charge in [-0.25, -0.2) is 0 Å². The van der Waals surface area contributed by atoms with E-state index in [0.29, 0.717) is 0 Å². The Bertz CT molecular complexity index is 395. The zero-order valence-corrected chi connectivity index (χ0v) is 12.3. The first-order chi connectivity index (χ1) is 8.47. The zero-order chi connectivity index (χ0) is 13.2. The lowest BCUT2D eigenvalue weighted by atomic mass is 9.85. The van der Waals surface area contributed by atoms with Gasteiger partial charge in [0.2, 0.25) is 0 Å². The van der Waals surface area contributed by atoms with Crippen molar-refractivity contribution < 1.29 is 0 Å². The molecule has 0 spiro atoms. The van der Waals surface area contributed by atoms with Gasteiger partial charge in [-0.1, -0.05) is 51.8 Å². The summed E-state index contributed by atoms with van der Waals surface area (Å²) >= 11 is 0. The van der Waals surface area contributed by atoms with Crippen molar-refractivity contribution in [1.29, 1.82) is 0 Å². The Balaban J connectivity index is 2.01. The van der Waals surface area contributed by atoms with E-state index in [1.807, 2.05) is 0 Å². The molecular weight excluding hydrogens is 218 g/mol. The van der Waals surface area contributed by atoms with Gasteiger partial charge in [-0.3, -0.25) is 0 Å². The fourth-order valence-corrected chi connectivity index (χ4v) is 2.74. The number of hydrogen-bond donors (Lipinski definition) is 1. The topological polar surface area (TPSA) is 12.0 Å². The molecule has 2 rings (SSSR count). The summed E-state index contributed by atoms with van der Waals surface area (Å²) in [5.41, 5.74) is 4.56. The number of benzene rings is 1. The highest BCUT2D eigenvalue weighted by molar-refractivity contribution is 5.34. The van der Waals surface area contributed by atoms with E-state index in [1.54, 1.807) is 0 Å². The van der Waals surface area contributed by atoms with E-state index in [9.17, 15) is 0 Å². The van der Waals surface area contributed by atoms with Crippen LogP contribution in [0.25, 0.3) is 0 Å². The van der Waals surface area contributed by atoms with Crippen molar-refractivity contribution in [2.24, 2.45) is 0 Å². The first-order valence-electron chi connectivity index (χ1n) is 7.30. The van der Waals surface area contributed by atoms with E-state index in [2.05, 4.69) is 51.2 Å². The highest BCUT2D eigenvalue weighted by atomic mass is 14.9. The summed E-state index contributed by atoms with van der Waals surface area (Å²) in [6.07, 6.45) is 5.53. The molecule has 1 aromatic carbocycles. The van der Waals surface area contributed by atoms with Gasteiger partial charge in [0, 0.05) is 12.6 Å². The highest BCUT2D eigenvalue weighted by Crippen LogP contribution is 2.25. The molecule has 1 aliphatic rings. The van der Waals surface area contributed by atoms with Crippen LogP contribution in [-0.4, -0.2) is 6.04 Å². The summed E-state index contributed by atoms with van der Waals surface area (Å²) in [5.74, 6) is 0. The second-order valence-electron chi connectivity index (χ2n) is 6.75. The third kappa shape index (κ3) is 3.35. The van der Waals surface area contributed by atoms with Crippen LogP contribution in [0.3, 0.4) is 0 Å². The van der Waals surface area contributed by atoms with Gasteiger partial charge in [-0.05, 0) is 41.9 Å². The van der Waals surface area contributed by atoms with Gasteiger partial charge >= 0.3 is 0 Å². The first kappa shape index (κ1) is 13.6. The van der Waals surface area contributed by atoms with Crippen LogP contribution in [-0.2, 0) is 12.0 Å². The van der Waals surface area contributed by atoms with Crippen LogP contribution in [0.4, 0.5) is 0 Å². The van der Waals surface area contributed by atoms with Gasteiger partial charge < -0.3 is 5.32 Å². The van der Waals surface area contributed by atoms with Crippen molar-refractivity contribution in [2.45, 2.75) is 71.4 Å². The van der Waals surface area contributed by atoms with Gasteiger partial charge in [0.05, 0.1) is 0 Å². The second kappa shape index (κ2) is 5.44. The van der Waals surface area contributed by atoms with Crippen LogP contribution in [0.15, 0.2) is 18.2 Å². The Labute approximate surface area is 112 Å². The van der Waals surface area contributed by atoms with Crippen molar-refractivity contribution in [3.8, 4) is 0 Å². The molecule has 1 aliphatic carbocycles. The molecule has 1 N–H and O–H groups in total. The summed E-state index contributed by atoms with van der Waals surface area (Å²) in [5, 5.41) is 3.70. The van der Waals surface area contributed by atoms with Crippen LogP contribution in [0.1, 0.15) is 63.1 Å². The number of rotatable bonds is 3. The average molecular weight is 245 g/mol. The van der Waals surface area contributed by atoms with Crippen molar-refractivity contribution in [3.05, 3.63) is 34.9 Å². The minimum absolute atomic E-state index is 0.252. The van der Waals surface area contributed by atoms with Crippen molar-refractivity contribution in [3.63, 3.8) is 0 Å². The molecule has 0 bridgehead atoms. The fraction of sp³-hybridized carbons (Fsp3) is 0.647. The van der Waals surface area contributed by atoms with Gasteiger partial charge in [0.15, 0.2) is 0 Å². The van der Waals surface area contributed by atoms with E-state index in [4.69, 9.17) is 0 Å². The van der Waals surface area contributed by atoms with Crippen LogP contribution in [0.2, 0.25) is 0 Å². The predicted octanol–water partition coefficient (Wildman–Crippen LogP) is 4.32. The van der Waals surface area contributed by atoms with Gasteiger partial charge in [-0.15, -0.1) is 0 Å². The number of nitrogens with one attached hydrogen (secondary N) is 1. The lowest BCUT2D eigenvalue weighted by molar-refractivity contribution is 0.523. The molecule has 1 nitrogen and oxygen atoms in total.